The first-order chi connectivity index (χ1) is 6.15. The third-order valence-corrected chi connectivity index (χ3v) is 2.81. The summed E-state index contributed by atoms with van der Waals surface area (Å²) in [4.78, 5) is 0. The molecule has 0 N–H and O–H groups in total. The van der Waals surface area contributed by atoms with Crippen LogP contribution in [0.5, 0.6) is 0 Å². The summed E-state index contributed by atoms with van der Waals surface area (Å²) in [6, 6.07) is 6.03. The molecule has 0 aliphatic carbocycles. The molecule has 0 saturated heterocycles. The Morgan fingerprint density at radius 3 is 2.54 bits per heavy atom. The van der Waals surface area contributed by atoms with Crippen molar-refractivity contribution in [1.82, 2.24) is 0 Å². The van der Waals surface area contributed by atoms with E-state index in [9.17, 15) is 0 Å². The standard InChI is InChI=1S/C11H14O2/c1-4-11(2,3)8-6-5-7-9-10(8)13-12-9/h5-7H,4H2,1-3H3. The number of hydrogen-bond acceptors (Lipinski definition) is 2. The van der Waals surface area contributed by atoms with Crippen LogP contribution in [0.15, 0.2) is 27.4 Å². The third-order valence-electron chi connectivity index (χ3n) is 2.81. The van der Waals surface area contributed by atoms with E-state index in [4.69, 9.17) is 9.15 Å². The predicted molar refractivity (Wildman–Crippen MR) is 51.8 cm³/mol. The van der Waals surface area contributed by atoms with E-state index in [1.165, 1.54) is 5.56 Å². The molecule has 0 unspecified atom stereocenters. The average molecular weight is 178 g/mol. The lowest BCUT2D eigenvalue weighted by Gasteiger charge is -2.23. The molecule has 2 aromatic rings. The summed E-state index contributed by atoms with van der Waals surface area (Å²) in [7, 11) is 0. The van der Waals surface area contributed by atoms with E-state index in [0.29, 0.717) is 0 Å². The zero-order chi connectivity index (χ0) is 9.47. The lowest BCUT2D eigenvalue weighted by Crippen LogP contribution is -2.16. The fourth-order valence-electron chi connectivity index (χ4n) is 1.44. The van der Waals surface area contributed by atoms with Crippen LogP contribution in [-0.2, 0) is 5.41 Å². The lowest BCUT2D eigenvalue weighted by atomic mass is 9.82. The van der Waals surface area contributed by atoms with Gasteiger partial charge in [-0.2, -0.15) is 0 Å². The first kappa shape index (κ1) is 8.42. The Bertz CT molecular complexity index is 406. The van der Waals surface area contributed by atoms with E-state index in [1.54, 1.807) is 0 Å². The summed E-state index contributed by atoms with van der Waals surface area (Å²) in [6.07, 6.45) is 1.09. The van der Waals surface area contributed by atoms with E-state index in [0.717, 1.165) is 17.6 Å². The van der Waals surface area contributed by atoms with Crippen LogP contribution < -0.4 is 0 Å². The van der Waals surface area contributed by atoms with Gasteiger partial charge in [0, 0.05) is 5.56 Å². The quantitative estimate of drug-likeness (QED) is 0.655. The van der Waals surface area contributed by atoms with Crippen LogP contribution >= 0.6 is 0 Å². The van der Waals surface area contributed by atoms with Gasteiger partial charge in [0.1, 0.15) is 0 Å². The van der Waals surface area contributed by atoms with Gasteiger partial charge in [0.25, 0.3) is 0 Å². The van der Waals surface area contributed by atoms with E-state index in [-0.39, 0.29) is 5.41 Å². The van der Waals surface area contributed by atoms with Crippen molar-refractivity contribution in [3.8, 4) is 0 Å². The topological polar surface area (TPSA) is 26.3 Å². The molecule has 1 aromatic heterocycles. The van der Waals surface area contributed by atoms with Crippen molar-refractivity contribution in [2.24, 2.45) is 0 Å². The van der Waals surface area contributed by atoms with Gasteiger partial charge < -0.3 is 0 Å². The molecule has 13 heavy (non-hydrogen) atoms. The Morgan fingerprint density at radius 2 is 2.00 bits per heavy atom. The Labute approximate surface area is 77.5 Å². The number of hydrogen-bond donors (Lipinski definition) is 0. The van der Waals surface area contributed by atoms with Gasteiger partial charge >= 0.3 is 0 Å². The maximum absolute atomic E-state index is 5.00. The highest BCUT2D eigenvalue weighted by atomic mass is 17.0. The molecule has 0 saturated carbocycles. The molecule has 1 heterocycles. The van der Waals surface area contributed by atoms with Crippen LogP contribution in [0.1, 0.15) is 32.8 Å². The molecular weight excluding hydrogens is 164 g/mol. The van der Waals surface area contributed by atoms with E-state index in [1.807, 2.05) is 12.1 Å². The van der Waals surface area contributed by atoms with Crippen molar-refractivity contribution in [3.05, 3.63) is 23.8 Å². The second-order valence-electron chi connectivity index (χ2n) is 4.04. The molecule has 0 atom stereocenters. The highest BCUT2D eigenvalue weighted by Gasteiger charge is 2.24. The number of para-hydroxylation sites is 1. The molecule has 1 aromatic carbocycles. The minimum atomic E-state index is 0.162. The first-order valence-corrected chi connectivity index (χ1v) is 4.63. The van der Waals surface area contributed by atoms with Gasteiger partial charge in [-0.3, -0.25) is 9.15 Å². The van der Waals surface area contributed by atoms with Crippen LogP contribution in [0.25, 0.3) is 11.2 Å². The largest absolute Gasteiger partial charge is 0.286 e. The summed E-state index contributed by atoms with van der Waals surface area (Å²) in [5, 5.41) is 0. The minimum Gasteiger partial charge on any atom is -0.286 e. The highest BCUT2D eigenvalue weighted by molar-refractivity contribution is 5.75. The summed E-state index contributed by atoms with van der Waals surface area (Å²) in [6.45, 7) is 6.60. The molecule has 0 aliphatic heterocycles. The van der Waals surface area contributed by atoms with Crippen LogP contribution in [-0.4, -0.2) is 0 Å². The fraction of sp³-hybridized carbons (Fsp3) is 0.455. The van der Waals surface area contributed by atoms with Gasteiger partial charge in [-0.05, 0) is 17.9 Å². The summed E-state index contributed by atoms with van der Waals surface area (Å²) in [5.74, 6) is 0. The zero-order valence-corrected chi connectivity index (χ0v) is 8.26. The molecule has 0 aliphatic rings. The van der Waals surface area contributed by atoms with Crippen LogP contribution in [0, 0.1) is 0 Å². The van der Waals surface area contributed by atoms with Crippen molar-refractivity contribution in [2.75, 3.05) is 0 Å². The van der Waals surface area contributed by atoms with Crippen molar-refractivity contribution in [1.29, 1.82) is 0 Å². The second-order valence-corrected chi connectivity index (χ2v) is 4.04. The number of rotatable bonds is 2. The Morgan fingerprint density at radius 1 is 1.23 bits per heavy atom. The molecule has 0 fully saturated rings. The monoisotopic (exact) mass is 178 g/mol. The molecule has 2 nitrogen and oxygen atoms in total. The summed E-state index contributed by atoms with van der Waals surface area (Å²) < 4.78 is 9.85. The maximum atomic E-state index is 5.00. The van der Waals surface area contributed by atoms with Crippen LogP contribution in [0.2, 0.25) is 0 Å². The maximum Gasteiger partial charge on any atom is 0.229 e. The number of fused-ring (bicyclic) bond motifs is 1. The third kappa shape index (κ3) is 1.17. The second kappa shape index (κ2) is 2.66. The average Bonchev–Trinajstić information content (AvgIpc) is 2.06. The van der Waals surface area contributed by atoms with Gasteiger partial charge in [0.15, 0.2) is 0 Å². The minimum absolute atomic E-state index is 0.162. The van der Waals surface area contributed by atoms with Gasteiger partial charge in [-0.1, -0.05) is 32.9 Å². The summed E-state index contributed by atoms with van der Waals surface area (Å²) >= 11 is 0. The van der Waals surface area contributed by atoms with Crippen molar-refractivity contribution >= 4 is 11.2 Å². The molecule has 0 spiro atoms. The lowest BCUT2D eigenvalue weighted by molar-refractivity contribution is 0.0571. The Balaban J connectivity index is 2.57. The normalized spacial score (nSPS) is 12.5. The van der Waals surface area contributed by atoms with Crippen LogP contribution in [0.3, 0.4) is 0 Å². The summed E-state index contributed by atoms with van der Waals surface area (Å²) in [5.41, 5.74) is 3.17. The number of benzene rings is 1. The zero-order valence-electron chi connectivity index (χ0n) is 8.26. The Hall–Kier alpha value is -1.18. The van der Waals surface area contributed by atoms with Crippen molar-refractivity contribution in [3.63, 3.8) is 0 Å². The van der Waals surface area contributed by atoms with Crippen LogP contribution in [0.4, 0.5) is 0 Å². The predicted octanol–water partition coefficient (Wildman–Crippen LogP) is 3.71. The van der Waals surface area contributed by atoms with Crippen molar-refractivity contribution < 1.29 is 9.15 Å². The van der Waals surface area contributed by atoms with Gasteiger partial charge in [0.05, 0.1) is 0 Å². The van der Waals surface area contributed by atoms with Gasteiger partial charge in [-0.25, -0.2) is 0 Å². The highest BCUT2D eigenvalue weighted by Crippen LogP contribution is 2.34. The molecule has 70 valence electrons. The molecule has 0 bridgehead atoms. The smallest absolute Gasteiger partial charge is 0.229 e. The molecule has 0 amide bonds. The fourth-order valence-corrected chi connectivity index (χ4v) is 1.44. The molecular formula is C11H14O2. The van der Waals surface area contributed by atoms with E-state index >= 15 is 0 Å². The van der Waals surface area contributed by atoms with E-state index in [2.05, 4.69) is 26.8 Å². The molecule has 2 heteroatoms. The van der Waals surface area contributed by atoms with Gasteiger partial charge in [-0.15, -0.1) is 0 Å². The SMILES string of the molecule is CCC(C)(C)c1cccc2ooc12. The molecule has 0 radical (unpaired) electrons. The first-order valence-electron chi connectivity index (χ1n) is 4.63. The van der Waals surface area contributed by atoms with Gasteiger partial charge in [0.2, 0.25) is 11.2 Å². The Kier molecular flexibility index (Phi) is 1.72. The van der Waals surface area contributed by atoms with Crippen molar-refractivity contribution in [2.45, 2.75) is 32.6 Å². The van der Waals surface area contributed by atoms with E-state index < -0.39 is 0 Å². The molecule has 2 rings (SSSR count).